The number of Topliss-reactive ketones (excluding diaryl/α,β-unsaturated/α-hetero) is 1. The first-order chi connectivity index (χ1) is 15.9. The molecule has 1 fully saturated rings. The number of nitrogens with zero attached hydrogens (tertiary/aromatic N) is 3. The van der Waals surface area contributed by atoms with Crippen molar-refractivity contribution in [2.75, 3.05) is 33.8 Å². The molecule has 1 aliphatic rings. The van der Waals surface area contributed by atoms with Crippen LogP contribution in [0.3, 0.4) is 0 Å². The van der Waals surface area contributed by atoms with Gasteiger partial charge in [-0.1, -0.05) is 25.8 Å². The number of rotatable bonds is 11. The zero-order valence-corrected chi connectivity index (χ0v) is 19.7. The lowest BCUT2D eigenvalue weighted by molar-refractivity contribution is -0.140. The molecule has 7 heteroatoms. The van der Waals surface area contributed by atoms with Crippen molar-refractivity contribution in [2.45, 2.75) is 38.6 Å². The SMILES string of the molecule is CCCCCOc1ccc(/C(O)=C2/C(=O)C(=O)N(CCCN(C)C)C2c2ccccn2)cc1. The van der Waals surface area contributed by atoms with Crippen molar-refractivity contribution in [1.29, 1.82) is 0 Å². The van der Waals surface area contributed by atoms with Crippen LogP contribution < -0.4 is 4.74 Å². The maximum atomic E-state index is 13.0. The second kappa shape index (κ2) is 11.6. The zero-order chi connectivity index (χ0) is 23.8. The van der Waals surface area contributed by atoms with Gasteiger partial charge in [-0.25, -0.2) is 0 Å². The Morgan fingerprint density at radius 2 is 1.85 bits per heavy atom. The molecule has 3 rings (SSSR count). The fourth-order valence-corrected chi connectivity index (χ4v) is 3.92. The fourth-order valence-electron chi connectivity index (χ4n) is 3.92. The summed E-state index contributed by atoms with van der Waals surface area (Å²) in [6, 6.07) is 11.6. The topological polar surface area (TPSA) is 83.0 Å². The Morgan fingerprint density at radius 3 is 2.48 bits per heavy atom. The molecule has 7 nitrogen and oxygen atoms in total. The third kappa shape index (κ3) is 5.99. The Morgan fingerprint density at radius 1 is 1.09 bits per heavy atom. The quantitative estimate of drug-likeness (QED) is 0.240. The molecule has 0 spiro atoms. The largest absolute Gasteiger partial charge is 0.507 e. The van der Waals surface area contributed by atoms with E-state index >= 15 is 0 Å². The lowest BCUT2D eigenvalue weighted by Gasteiger charge is -2.25. The van der Waals surface area contributed by atoms with Gasteiger partial charge in [0.25, 0.3) is 11.7 Å². The molecule has 1 aromatic carbocycles. The van der Waals surface area contributed by atoms with E-state index in [0.717, 1.165) is 25.8 Å². The van der Waals surface area contributed by atoms with Crippen LogP contribution in [0.4, 0.5) is 0 Å². The first-order valence-corrected chi connectivity index (χ1v) is 11.5. The third-order valence-electron chi connectivity index (χ3n) is 5.66. The number of aliphatic hydroxyl groups is 1. The molecule has 1 aromatic heterocycles. The van der Waals surface area contributed by atoms with Crippen LogP contribution in [0.15, 0.2) is 54.2 Å². The summed E-state index contributed by atoms with van der Waals surface area (Å²) in [6.45, 7) is 3.95. The normalized spacial score (nSPS) is 17.7. The van der Waals surface area contributed by atoms with E-state index in [2.05, 4.69) is 11.9 Å². The summed E-state index contributed by atoms with van der Waals surface area (Å²) < 4.78 is 5.74. The number of pyridine rings is 1. The highest BCUT2D eigenvalue weighted by Crippen LogP contribution is 2.38. The standard InChI is InChI=1S/C26H33N3O4/c1-4-5-8-18-33-20-13-11-19(12-14-20)24(30)22-23(21-10-6-7-15-27-21)29(26(32)25(22)31)17-9-16-28(2)3/h6-7,10-15,23,30H,4-5,8-9,16-18H2,1-3H3/b24-22-. The molecule has 33 heavy (non-hydrogen) atoms. The number of aliphatic hydroxyl groups excluding tert-OH is 1. The Bertz CT molecular complexity index is 971. The third-order valence-corrected chi connectivity index (χ3v) is 5.66. The van der Waals surface area contributed by atoms with Crippen molar-refractivity contribution in [3.8, 4) is 5.75 Å². The van der Waals surface area contributed by atoms with Gasteiger partial charge in [-0.05, 0) is 69.9 Å². The summed E-state index contributed by atoms with van der Waals surface area (Å²) >= 11 is 0. The highest BCUT2D eigenvalue weighted by molar-refractivity contribution is 6.46. The predicted octanol–water partition coefficient (Wildman–Crippen LogP) is 4.02. The van der Waals surface area contributed by atoms with Crippen molar-refractivity contribution >= 4 is 17.4 Å². The number of likely N-dealkylation sites (tertiary alicyclic amines) is 1. The molecule has 1 amide bonds. The molecule has 2 heterocycles. The number of aromatic nitrogens is 1. The molecule has 1 saturated heterocycles. The maximum absolute atomic E-state index is 13.0. The average Bonchev–Trinajstić information content (AvgIpc) is 3.07. The van der Waals surface area contributed by atoms with Crippen LogP contribution in [-0.2, 0) is 9.59 Å². The van der Waals surface area contributed by atoms with Crippen molar-refractivity contribution < 1.29 is 19.4 Å². The van der Waals surface area contributed by atoms with Crippen LogP contribution >= 0.6 is 0 Å². The highest BCUT2D eigenvalue weighted by atomic mass is 16.5. The Labute approximate surface area is 195 Å². The van der Waals surface area contributed by atoms with E-state index in [0.29, 0.717) is 36.6 Å². The molecule has 0 radical (unpaired) electrons. The zero-order valence-electron chi connectivity index (χ0n) is 19.7. The van der Waals surface area contributed by atoms with Gasteiger partial charge < -0.3 is 19.6 Å². The van der Waals surface area contributed by atoms with Crippen molar-refractivity contribution in [3.05, 3.63) is 65.5 Å². The molecule has 2 aromatic rings. The summed E-state index contributed by atoms with van der Waals surface area (Å²) in [4.78, 5) is 33.9. The van der Waals surface area contributed by atoms with Crippen molar-refractivity contribution in [3.63, 3.8) is 0 Å². The van der Waals surface area contributed by atoms with Crippen LogP contribution in [0.1, 0.15) is 49.9 Å². The smallest absolute Gasteiger partial charge is 0.295 e. The molecule has 0 saturated carbocycles. The van der Waals surface area contributed by atoms with Gasteiger partial charge in [0.05, 0.1) is 17.9 Å². The molecule has 1 unspecified atom stereocenters. The van der Waals surface area contributed by atoms with Gasteiger partial charge >= 0.3 is 0 Å². The summed E-state index contributed by atoms with van der Waals surface area (Å²) in [5.41, 5.74) is 1.09. The summed E-state index contributed by atoms with van der Waals surface area (Å²) in [5, 5.41) is 11.1. The number of ketones is 1. The minimum atomic E-state index is -0.724. The van der Waals surface area contributed by atoms with Gasteiger partial charge in [0, 0.05) is 18.3 Å². The molecule has 0 aliphatic carbocycles. The minimum Gasteiger partial charge on any atom is -0.507 e. The van der Waals surface area contributed by atoms with E-state index in [4.69, 9.17) is 4.74 Å². The monoisotopic (exact) mass is 451 g/mol. The van der Waals surface area contributed by atoms with E-state index in [9.17, 15) is 14.7 Å². The van der Waals surface area contributed by atoms with Gasteiger partial charge in [0.15, 0.2) is 0 Å². The first-order valence-electron chi connectivity index (χ1n) is 11.5. The van der Waals surface area contributed by atoms with E-state index in [1.165, 1.54) is 4.90 Å². The molecule has 1 aliphatic heterocycles. The lowest BCUT2D eigenvalue weighted by Crippen LogP contribution is -2.32. The maximum Gasteiger partial charge on any atom is 0.295 e. The second-order valence-corrected chi connectivity index (χ2v) is 8.48. The summed E-state index contributed by atoms with van der Waals surface area (Å²) in [7, 11) is 3.92. The number of amides is 1. The van der Waals surface area contributed by atoms with Crippen LogP contribution in [0.25, 0.3) is 5.76 Å². The van der Waals surface area contributed by atoms with Crippen molar-refractivity contribution in [2.24, 2.45) is 0 Å². The number of benzene rings is 1. The second-order valence-electron chi connectivity index (χ2n) is 8.48. The van der Waals surface area contributed by atoms with E-state index in [1.54, 1.807) is 42.6 Å². The van der Waals surface area contributed by atoms with E-state index in [-0.39, 0.29) is 11.3 Å². The Kier molecular flexibility index (Phi) is 8.60. The molecule has 176 valence electrons. The predicted molar refractivity (Wildman–Crippen MR) is 128 cm³/mol. The molecule has 0 bridgehead atoms. The number of hydrogen-bond acceptors (Lipinski definition) is 6. The summed E-state index contributed by atoms with van der Waals surface area (Å²) in [6.07, 6.45) is 5.55. The first kappa shape index (κ1) is 24.5. The van der Waals surface area contributed by atoms with Gasteiger partial charge in [-0.2, -0.15) is 0 Å². The number of unbranched alkanes of at least 4 members (excludes halogenated alkanes) is 2. The van der Waals surface area contributed by atoms with Crippen LogP contribution in [0.2, 0.25) is 0 Å². The molecular weight excluding hydrogens is 418 g/mol. The number of hydrogen-bond donors (Lipinski definition) is 1. The Balaban J connectivity index is 1.90. The van der Waals surface area contributed by atoms with Gasteiger partial charge in [-0.15, -0.1) is 0 Å². The number of ether oxygens (including phenoxy) is 1. The summed E-state index contributed by atoms with van der Waals surface area (Å²) in [5.74, 6) is -0.792. The van der Waals surface area contributed by atoms with Crippen LogP contribution in [-0.4, -0.2) is 65.4 Å². The number of carbonyl (C=O) groups excluding carboxylic acids is 2. The molecule has 1 N–H and O–H groups in total. The van der Waals surface area contributed by atoms with Gasteiger partial charge in [0.2, 0.25) is 0 Å². The molecular formula is C26H33N3O4. The minimum absolute atomic E-state index is 0.0696. The van der Waals surface area contributed by atoms with Gasteiger partial charge in [0.1, 0.15) is 17.6 Å². The Hall–Kier alpha value is -3.19. The lowest BCUT2D eigenvalue weighted by atomic mass is 9.98. The average molecular weight is 452 g/mol. The van der Waals surface area contributed by atoms with E-state index in [1.807, 2.05) is 25.1 Å². The van der Waals surface area contributed by atoms with Crippen LogP contribution in [0.5, 0.6) is 5.75 Å². The fraction of sp³-hybridized carbons (Fsp3) is 0.423. The van der Waals surface area contributed by atoms with Gasteiger partial charge in [-0.3, -0.25) is 14.6 Å². The highest BCUT2D eigenvalue weighted by Gasteiger charge is 2.46. The van der Waals surface area contributed by atoms with Crippen LogP contribution in [0, 0.1) is 0 Å². The van der Waals surface area contributed by atoms with E-state index < -0.39 is 17.7 Å². The molecule has 1 atom stereocenters. The van der Waals surface area contributed by atoms with Crippen molar-refractivity contribution in [1.82, 2.24) is 14.8 Å². The number of carbonyl (C=O) groups is 2.